The molecular weight excluding hydrogens is 364 g/mol. The summed E-state index contributed by atoms with van der Waals surface area (Å²) < 4.78 is 0. The number of rotatable bonds is 6. The number of likely N-dealkylation sites (tertiary alicyclic amines) is 1. The molecule has 1 aromatic carbocycles. The van der Waals surface area contributed by atoms with Crippen molar-refractivity contribution in [3.63, 3.8) is 0 Å². The summed E-state index contributed by atoms with van der Waals surface area (Å²) in [5, 5.41) is 5.05. The van der Waals surface area contributed by atoms with Crippen LogP contribution in [0.4, 0.5) is 5.13 Å². The zero-order chi connectivity index (χ0) is 19.2. The van der Waals surface area contributed by atoms with Gasteiger partial charge in [0.15, 0.2) is 5.13 Å². The van der Waals surface area contributed by atoms with Crippen molar-refractivity contribution in [2.75, 3.05) is 18.4 Å². The Balaban J connectivity index is 1.48. The van der Waals surface area contributed by atoms with E-state index in [1.807, 2.05) is 30.3 Å². The third-order valence-corrected chi connectivity index (χ3v) is 5.39. The van der Waals surface area contributed by atoms with Crippen molar-refractivity contribution < 1.29 is 14.4 Å². The Kier molecular flexibility index (Phi) is 6.18. The van der Waals surface area contributed by atoms with E-state index in [0.29, 0.717) is 36.8 Å². The van der Waals surface area contributed by atoms with Crippen LogP contribution >= 0.6 is 11.3 Å². The number of hydrogen-bond acceptors (Lipinski definition) is 5. The van der Waals surface area contributed by atoms with Crippen molar-refractivity contribution in [3.8, 4) is 0 Å². The molecule has 0 bridgehead atoms. The maximum absolute atomic E-state index is 12.4. The molecule has 3 rings (SSSR count). The van der Waals surface area contributed by atoms with Crippen molar-refractivity contribution >= 4 is 34.2 Å². The molecule has 3 amide bonds. The van der Waals surface area contributed by atoms with Gasteiger partial charge in [-0.2, -0.15) is 0 Å². The van der Waals surface area contributed by atoms with Crippen LogP contribution in [0.3, 0.4) is 0 Å². The Morgan fingerprint density at radius 2 is 1.85 bits per heavy atom. The summed E-state index contributed by atoms with van der Waals surface area (Å²) in [5.41, 5.74) is 6.89. The summed E-state index contributed by atoms with van der Waals surface area (Å²) in [7, 11) is 0. The van der Waals surface area contributed by atoms with Crippen molar-refractivity contribution in [1.29, 1.82) is 0 Å². The van der Waals surface area contributed by atoms with Gasteiger partial charge in [-0.25, -0.2) is 4.98 Å². The summed E-state index contributed by atoms with van der Waals surface area (Å²) in [6.45, 7) is 1.08. The number of carbonyl (C=O) groups excluding carboxylic acids is 3. The molecule has 0 saturated carbocycles. The van der Waals surface area contributed by atoms with Crippen LogP contribution in [-0.2, 0) is 27.2 Å². The number of hydrogen-bond donors (Lipinski definition) is 2. The van der Waals surface area contributed by atoms with E-state index < -0.39 is 0 Å². The number of nitrogens with one attached hydrogen (secondary N) is 1. The van der Waals surface area contributed by atoms with E-state index in [1.165, 1.54) is 11.3 Å². The van der Waals surface area contributed by atoms with Gasteiger partial charge in [0.25, 0.3) is 0 Å². The second kappa shape index (κ2) is 8.77. The molecule has 27 heavy (non-hydrogen) atoms. The van der Waals surface area contributed by atoms with Crippen molar-refractivity contribution in [1.82, 2.24) is 9.88 Å². The first-order chi connectivity index (χ1) is 13.0. The quantitative estimate of drug-likeness (QED) is 0.786. The minimum absolute atomic E-state index is 0.0228. The van der Waals surface area contributed by atoms with Gasteiger partial charge < -0.3 is 16.0 Å². The SMILES string of the molecule is NC(=O)C1CCN(C(=O)Cc2csc(NC(=O)Cc3ccccc3)n2)CC1. The number of benzene rings is 1. The van der Waals surface area contributed by atoms with Crippen LogP contribution in [-0.4, -0.2) is 40.7 Å². The maximum atomic E-state index is 12.4. The van der Waals surface area contributed by atoms with E-state index in [2.05, 4.69) is 10.3 Å². The monoisotopic (exact) mass is 386 g/mol. The lowest BCUT2D eigenvalue weighted by atomic mass is 9.96. The largest absolute Gasteiger partial charge is 0.369 e. The predicted molar refractivity (Wildman–Crippen MR) is 103 cm³/mol. The molecule has 2 heterocycles. The number of anilines is 1. The van der Waals surface area contributed by atoms with Gasteiger partial charge in [-0.1, -0.05) is 30.3 Å². The van der Waals surface area contributed by atoms with Gasteiger partial charge in [0, 0.05) is 24.4 Å². The number of piperidine rings is 1. The summed E-state index contributed by atoms with van der Waals surface area (Å²) in [4.78, 5) is 41.8. The summed E-state index contributed by atoms with van der Waals surface area (Å²) in [5.74, 6) is -0.593. The first-order valence-corrected chi connectivity index (χ1v) is 9.74. The summed E-state index contributed by atoms with van der Waals surface area (Å²) in [6.07, 6.45) is 1.69. The van der Waals surface area contributed by atoms with Crippen LogP contribution in [0.1, 0.15) is 24.1 Å². The van der Waals surface area contributed by atoms with E-state index >= 15 is 0 Å². The third kappa shape index (κ3) is 5.37. The molecule has 0 spiro atoms. The van der Waals surface area contributed by atoms with Crippen LogP contribution in [0, 0.1) is 5.92 Å². The zero-order valence-corrected chi connectivity index (χ0v) is 15.7. The Hall–Kier alpha value is -2.74. The van der Waals surface area contributed by atoms with E-state index in [9.17, 15) is 14.4 Å². The molecule has 1 fully saturated rings. The number of nitrogens with two attached hydrogens (primary N) is 1. The predicted octanol–water partition coefficient (Wildman–Crippen LogP) is 1.59. The van der Waals surface area contributed by atoms with E-state index in [-0.39, 0.29) is 36.5 Å². The Morgan fingerprint density at radius 3 is 2.52 bits per heavy atom. The minimum atomic E-state index is -0.294. The molecule has 8 heteroatoms. The molecule has 0 aliphatic carbocycles. The van der Waals surface area contributed by atoms with Crippen molar-refractivity contribution in [3.05, 3.63) is 47.0 Å². The standard InChI is InChI=1S/C19H22N4O3S/c20-18(26)14-6-8-23(9-7-14)17(25)11-15-12-27-19(21-15)22-16(24)10-13-4-2-1-3-5-13/h1-5,12,14H,6-11H2,(H2,20,26)(H,21,22,24). The number of thiazole rings is 1. The molecule has 1 saturated heterocycles. The lowest BCUT2D eigenvalue weighted by Gasteiger charge is -2.30. The second-order valence-electron chi connectivity index (χ2n) is 6.59. The van der Waals surface area contributed by atoms with Gasteiger partial charge in [0.2, 0.25) is 17.7 Å². The van der Waals surface area contributed by atoms with Crippen molar-refractivity contribution in [2.45, 2.75) is 25.7 Å². The van der Waals surface area contributed by atoms with E-state index in [1.54, 1.807) is 10.3 Å². The van der Waals surface area contributed by atoms with Crippen LogP contribution in [0.25, 0.3) is 0 Å². The van der Waals surface area contributed by atoms with Crippen LogP contribution in [0.2, 0.25) is 0 Å². The molecule has 0 radical (unpaired) electrons. The average molecular weight is 386 g/mol. The normalized spacial score (nSPS) is 14.7. The lowest BCUT2D eigenvalue weighted by Crippen LogP contribution is -2.42. The molecule has 1 aliphatic rings. The molecule has 0 atom stereocenters. The van der Waals surface area contributed by atoms with Gasteiger partial charge in [0.05, 0.1) is 18.5 Å². The molecule has 2 aromatic rings. The fraction of sp³-hybridized carbons (Fsp3) is 0.368. The number of primary amides is 1. The number of aromatic nitrogens is 1. The highest BCUT2D eigenvalue weighted by Crippen LogP contribution is 2.20. The lowest BCUT2D eigenvalue weighted by molar-refractivity contribution is -0.134. The highest BCUT2D eigenvalue weighted by Gasteiger charge is 2.26. The molecule has 1 aliphatic heterocycles. The molecular formula is C19H22N4O3S. The zero-order valence-electron chi connectivity index (χ0n) is 14.9. The van der Waals surface area contributed by atoms with E-state index in [4.69, 9.17) is 5.73 Å². The highest BCUT2D eigenvalue weighted by atomic mass is 32.1. The van der Waals surface area contributed by atoms with Crippen LogP contribution < -0.4 is 11.1 Å². The molecule has 142 valence electrons. The molecule has 3 N–H and O–H groups in total. The highest BCUT2D eigenvalue weighted by molar-refractivity contribution is 7.13. The third-order valence-electron chi connectivity index (χ3n) is 4.59. The van der Waals surface area contributed by atoms with Crippen LogP contribution in [0.15, 0.2) is 35.7 Å². The van der Waals surface area contributed by atoms with Crippen molar-refractivity contribution in [2.24, 2.45) is 11.7 Å². The van der Waals surface area contributed by atoms with Gasteiger partial charge in [-0.3, -0.25) is 14.4 Å². The second-order valence-corrected chi connectivity index (χ2v) is 7.45. The Morgan fingerprint density at radius 1 is 1.15 bits per heavy atom. The average Bonchev–Trinajstić information content (AvgIpc) is 3.09. The van der Waals surface area contributed by atoms with Gasteiger partial charge >= 0.3 is 0 Å². The maximum Gasteiger partial charge on any atom is 0.230 e. The smallest absolute Gasteiger partial charge is 0.230 e. The fourth-order valence-electron chi connectivity index (χ4n) is 3.07. The Bertz CT molecular complexity index is 813. The first-order valence-electron chi connectivity index (χ1n) is 8.86. The molecule has 7 nitrogen and oxygen atoms in total. The first kappa shape index (κ1) is 19.0. The molecule has 1 aromatic heterocycles. The minimum Gasteiger partial charge on any atom is -0.369 e. The fourth-order valence-corrected chi connectivity index (χ4v) is 3.80. The summed E-state index contributed by atoms with van der Waals surface area (Å²) >= 11 is 1.31. The number of carbonyl (C=O) groups is 3. The van der Waals surface area contributed by atoms with Gasteiger partial charge in [0.1, 0.15) is 0 Å². The topological polar surface area (TPSA) is 105 Å². The van der Waals surface area contributed by atoms with Gasteiger partial charge in [-0.15, -0.1) is 11.3 Å². The molecule has 0 unspecified atom stereocenters. The number of amides is 3. The Labute approximate surface area is 161 Å². The summed E-state index contributed by atoms with van der Waals surface area (Å²) in [6, 6.07) is 9.48. The van der Waals surface area contributed by atoms with Crippen LogP contribution in [0.5, 0.6) is 0 Å². The van der Waals surface area contributed by atoms with E-state index in [0.717, 1.165) is 5.56 Å². The van der Waals surface area contributed by atoms with Gasteiger partial charge in [-0.05, 0) is 18.4 Å². The number of nitrogens with zero attached hydrogens (tertiary/aromatic N) is 2.